The van der Waals surface area contributed by atoms with Gasteiger partial charge in [0.05, 0.1) is 19.0 Å². The first-order chi connectivity index (χ1) is 17.1. The fourth-order valence-corrected chi connectivity index (χ4v) is 4.54. The fourth-order valence-electron chi connectivity index (χ4n) is 4.54. The van der Waals surface area contributed by atoms with Gasteiger partial charge in [-0.1, -0.05) is 116 Å². The third-order valence-corrected chi connectivity index (χ3v) is 6.82. The minimum absolute atomic E-state index is 0.360. The van der Waals surface area contributed by atoms with Crippen LogP contribution >= 0.6 is 0 Å². The number of unbranched alkanes of at least 4 members (excludes halogenated alkanes) is 9. The monoisotopic (exact) mass is 484 g/mol. The summed E-state index contributed by atoms with van der Waals surface area (Å²) < 4.78 is 19.9. The molecule has 4 heteroatoms. The SMILES string of the molecule is CCCCCCCCCCc1ccc(-c2ncc(OCCC(F)CC(C)CCCCC)cn2)cc1. The quantitative estimate of drug-likeness (QED) is 0.175. The van der Waals surface area contributed by atoms with Gasteiger partial charge in [0.1, 0.15) is 6.17 Å². The zero-order valence-electron chi connectivity index (χ0n) is 22.6. The molecule has 0 amide bonds. The van der Waals surface area contributed by atoms with Gasteiger partial charge in [-0.25, -0.2) is 14.4 Å². The van der Waals surface area contributed by atoms with E-state index in [1.807, 2.05) is 0 Å². The molecule has 196 valence electrons. The summed E-state index contributed by atoms with van der Waals surface area (Å²) in [5.41, 5.74) is 2.39. The maximum Gasteiger partial charge on any atom is 0.159 e. The maximum absolute atomic E-state index is 14.2. The number of nitrogens with zero attached hydrogens (tertiary/aromatic N) is 2. The molecule has 2 unspecified atom stereocenters. The van der Waals surface area contributed by atoms with Crippen LogP contribution in [-0.2, 0) is 6.42 Å². The molecule has 3 nitrogen and oxygen atoms in total. The molecule has 0 aliphatic rings. The van der Waals surface area contributed by atoms with Gasteiger partial charge >= 0.3 is 0 Å². The molecular formula is C31H49FN2O. The van der Waals surface area contributed by atoms with E-state index in [1.165, 1.54) is 76.2 Å². The van der Waals surface area contributed by atoms with Crippen LogP contribution in [0.1, 0.15) is 116 Å². The third-order valence-electron chi connectivity index (χ3n) is 6.82. The molecule has 1 aromatic carbocycles. The summed E-state index contributed by atoms with van der Waals surface area (Å²) in [4.78, 5) is 8.91. The standard InChI is InChI=1S/C31H49FN2O/c1-4-6-8-9-10-11-12-14-16-27-17-19-28(20-18-27)31-33-24-30(25-34-31)35-22-21-29(32)23-26(3)15-13-7-5-2/h17-20,24-26,29H,4-16,21-23H2,1-3H3. The van der Waals surface area contributed by atoms with Crippen LogP contribution in [0.25, 0.3) is 11.4 Å². The van der Waals surface area contributed by atoms with Crippen molar-refractivity contribution in [2.75, 3.05) is 6.61 Å². The Labute approximate surface area is 214 Å². The van der Waals surface area contributed by atoms with Crippen LogP contribution in [-0.4, -0.2) is 22.7 Å². The Morgan fingerprint density at radius 2 is 1.37 bits per heavy atom. The number of hydrogen-bond donors (Lipinski definition) is 0. The summed E-state index contributed by atoms with van der Waals surface area (Å²) in [6.07, 6.45) is 20.3. The summed E-state index contributed by atoms with van der Waals surface area (Å²) >= 11 is 0. The van der Waals surface area contributed by atoms with Crippen LogP contribution in [0.5, 0.6) is 5.75 Å². The van der Waals surface area contributed by atoms with E-state index in [0.717, 1.165) is 18.4 Å². The normalized spacial score (nSPS) is 13.0. The molecule has 0 fully saturated rings. The average molecular weight is 485 g/mol. The van der Waals surface area contributed by atoms with Gasteiger partial charge < -0.3 is 4.74 Å². The van der Waals surface area contributed by atoms with Crippen molar-refractivity contribution in [3.8, 4) is 17.1 Å². The van der Waals surface area contributed by atoms with Crippen LogP contribution in [0.15, 0.2) is 36.7 Å². The lowest BCUT2D eigenvalue weighted by Gasteiger charge is -2.15. The van der Waals surface area contributed by atoms with Gasteiger partial charge in [-0.15, -0.1) is 0 Å². The van der Waals surface area contributed by atoms with Gasteiger partial charge in [-0.2, -0.15) is 0 Å². The molecule has 0 radical (unpaired) electrons. The first-order valence-corrected chi connectivity index (χ1v) is 14.3. The van der Waals surface area contributed by atoms with Crippen LogP contribution in [0.3, 0.4) is 0 Å². The minimum Gasteiger partial charge on any atom is -0.490 e. The van der Waals surface area contributed by atoms with Gasteiger partial charge in [0.15, 0.2) is 11.6 Å². The number of ether oxygens (including phenoxy) is 1. The van der Waals surface area contributed by atoms with E-state index < -0.39 is 6.17 Å². The molecule has 2 rings (SSSR count). The van der Waals surface area contributed by atoms with Crippen molar-refractivity contribution in [1.29, 1.82) is 0 Å². The fraction of sp³-hybridized carbons (Fsp3) is 0.677. The Morgan fingerprint density at radius 1 is 0.771 bits per heavy atom. The van der Waals surface area contributed by atoms with Gasteiger partial charge in [-0.05, 0) is 30.7 Å². The molecule has 2 atom stereocenters. The van der Waals surface area contributed by atoms with Gasteiger partial charge in [0.2, 0.25) is 0 Å². The third kappa shape index (κ3) is 13.1. The van der Waals surface area contributed by atoms with E-state index >= 15 is 0 Å². The summed E-state index contributed by atoms with van der Waals surface area (Å²) in [7, 11) is 0. The molecule has 0 aliphatic carbocycles. The molecule has 0 aliphatic heterocycles. The predicted octanol–water partition coefficient (Wildman–Crippen LogP) is 9.54. The number of aryl methyl sites for hydroxylation is 1. The summed E-state index contributed by atoms with van der Waals surface area (Å²) in [6.45, 7) is 6.98. The highest BCUT2D eigenvalue weighted by atomic mass is 19.1. The zero-order chi connectivity index (χ0) is 25.1. The lowest BCUT2D eigenvalue weighted by atomic mass is 9.96. The summed E-state index contributed by atoms with van der Waals surface area (Å²) in [5, 5.41) is 0. The van der Waals surface area contributed by atoms with E-state index in [-0.39, 0.29) is 0 Å². The number of halogens is 1. The van der Waals surface area contributed by atoms with Crippen LogP contribution in [0.2, 0.25) is 0 Å². The van der Waals surface area contributed by atoms with E-state index in [4.69, 9.17) is 4.74 Å². The van der Waals surface area contributed by atoms with E-state index in [9.17, 15) is 4.39 Å². The van der Waals surface area contributed by atoms with Crippen molar-refractivity contribution < 1.29 is 9.13 Å². The minimum atomic E-state index is -0.809. The number of rotatable bonds is 20. The molecule has 35 heavy (non-hydrogen) atoms. The van der Waals surface area contributed by atoms with Crippen molar-refractivity contribution in [3.63, 3.8) is 0 Å². The number of aromatic nitrogens is 2. The second-order valence-electron chi connectivity index (χ2n) is 10.2. The lowest BCUT2D eigenvalue weighted by Crippen LogP contribution is -2.12. The molecule has 1 heterocycles. The zero-order valence-corrected chi connectivity index (χ0v) is 22.6. The van der Waals surface area contributed by atoms with Crippen LogP contribution in [0, 0.1) is 5.92 Å². The van der Waals surface area contributed by atoms with Crippen molar-refractivity contribution in [2.45, 2.75) is 123 Å². The average Bonchev–Trinajstić information content (AvgIpc) is 2.86. The molecule has 0 saturated heterocycles. The lowest BCUT2D eigenvalue weighted by molar-refractivity contribution is 0.204. The number of hydrogen-bond acceptors (Lipinski definition) is 3. The Morgan fingerprint density at radius 3 is 2.03 bits per heavy atom. The van der Waals surface area contributed by atoms with Crippen LogP contribution < -0.4 is 4.74 Å². The largest absolute Gasteiger partial charge is 0.490 e. The molecule has 0 saturated carbocycles. The second kappa shape index (κ2) is 18.3. The van der Waals surface area contributed by atoms with Crippen molar-refractivity contribution in [3.05, 3.63) is 42.2 Å². The highest BCUT2D eigenvalue weighted by Gasteiger charge is 2.12. The first-order valence-electron chi connectivity index (χ1n) is 14.3. The molecule has 1 aromatic heterocycles. The molecule has 2 aromatic rings. The van der Waals surface area contributed by atoms with Gasteiger partial charge in [0, 0.05) is 12.0 Å². The van der Waals surface area contributed by atoms with E-state index in [0.29, 0.717) is 36.9 Å². The Balaban J connectivity index is 1.64. The van der Waals surface area contributed by atoms with Crippen molar-refractivity contribution in [1.82, 2.24) is 9.97 Å². The van der Waals surface area contributed by atoms with Crippen LogP contribution in [0.4, 0.5) is 4.39 Å². The van der Waals surface area contributed by atoms with E-state index in [1.54, 1.807) is 12.4 Å². The second-order valence-corrected chi connectivity index (χ2v) is 10.2. The van der Waals surface area contributed by atoms with Gasteiger partial charge in [0.25, 0.3) is 0 Å². The van der Waals surface area contributed by atoms with E-state index in [2.05, 4.69) is 55.0 Å². The predicted molar refractivity (Wildman–Crippen MR) is 147 cm³/mol. The topological polar surface area (TPSA) is 35.0 Å². The van der Waals surface area contributed by atoms with Gasteiger partial charge in [-0.3, -0.25) is 0 Å². The Bertz CT molecular complexity index is 763. The Hall–Kier alpha value is -1.97. The molecule has 0 bridgehead atoms. The van der Waals surface area contributed by atoms with Crippen molar-refractivity contribution >= 4 is 0 Å². The van der Waals surface area contributed by atoms with Crippen molar-refractivity contribution in [2.24, 2.45) is 5.92 Å². The maximum atomic E-state index is 14.2. The summed E-state index contributed by atoms with van der Waals surface area (Å²) in [5.74, 6) is 1.73. The highest BCUT2D eigenvalue weighted by molar-refractivity contribution is 5.55. The Kier molecular flexibility index (Phi) is 15.3. The summed E-state index contributed by atoms with van der Waals surface area (Å²) in [6, 6.07) is 8.58. The number of alkyl halides is 1. The highest BCUT2D eigenvalue weighted by Crippen LogP contribution is 2.21. The molecular weight excluding hydrogens is 435 g/mol. The molecule has 0 spiro atoms. The first kappa shape index (κ1) is 29.3. The molecule has 0 N–H and O–H groups in total. The number of benzene rings is 1. The smallest absolute Gasteiger partial charge is 0.159 e.